The minimum atomic E-state index is -4.29. The molecule has 1 amide bonds. The molecule has 6 heteroatoms. The summed E-state index contributed by atoms with van der Waals surface area (Å²) in [6, 6.07) is 0. The molecule has 0 radical (unpaired) electrons. The highest BCUT2D eigenvalue weighted by Gasteiger charge is 2.27. The first-order valence-electron chi connectivity index (χ1n) is 2.84. The Balaban J connectivity index is 3.63. The molecule has 1 N–H and O–H groups in total. The molecular weight excluding hydrogens is 163 g/mol. The minimum Gasteiger partial charge on any atom is -0.465 e. The monoisotopic (exact) mass is 171 g/mol. The number of nitrogens with zero attached hydrogens (tertiary/aromatic N) is 1. The molecule has 0 spiro atoms. The van der Waals surface area contributed by atoms with E-state index < -0.39 is 25.2 Å². The summed E-state index contributed by atoms with van der Waals surface area (Å²) in [5, 5.41) is 8.14. The molecule has 0 saturated carbocycles. The molecule has 0 heterocycles. The zero-order valence-electron chi connectivity index (χ0n) is 5.85. The van der Waals surface area contributed by atoms with Crippen molar-refractivity contribution < 1.29 is 23.1 Å². The van der Waals surface area contributed by atoms with Crippen LogP contribution in [0.15, 0.2) is 0 Å². The molecule has 66 valence electrons. The predicted octanol–water partition coefficient (Wildman–Crippen LogP) is 1.55. The fourth-order valence-corrected chi connectivity index (χ4v) is 0.390. The van der Waals surface area contributed by atoms with Crippen LogP contribution in [0.1, 0.15) is 6.42 Å². The van der Waals surface area contributed by atoms with Crippen molar-refractivity contribution in [1.82, 2.24) is 4.90 Å². The Labute approximate surface area is 61.4 Å². The van der Waals surface area contributed by atoms with Crippen molar-refractivity contribution in [3.8, 4) is 0 Å². The lowest BCUT2D eigenvalue weighted by atomic mass is 10.4. The first-order chi connectivity index (χ1) is 4.83. The van der Waals surface area contributed by atoms with Crippen LogP contribution in [0.5, 0.6) is 0 Å². The lowest BCUT2D eigenvalue weighted by molar-refractivity contribution is -0.136. The summed E-state index contributed by atoms with van der Waals surface area (Å²) in [4.78, 5) is 10.6. The number of halogens is 3. The topological polar surface area (TPSA) is 40.5 Å². The summed E-state index contributed by atoms with van der Waals surface area (Å²) in [6.45, 7) is -0.515. The molecule has 0 atom stereocenters. The van der Waals surface area contributed by atoms with Crippen LogP contribution in [0.25, 0.3) is 0 Å². The van der Waals surface area contributed by atoms with Crippen LogP contribution < -0.4 is 0 Å². The Bertz CT molecular complexity index is 145. The number of hydrogen-bond donors (Lipinski definition) is 1. The zero-order chi connectivity index (χ0) is 9.07. The molecule has 0 aromatic rings. The van der Waals surface area contributed by atoms with E-state index in [0.717, 1.165) is 7.05 Å². The van der Waals surface area contributed by atoms with Crippen molar-refractivity contribution in [2.24, 2.45) is 0 Å². The first kappa shape index (κ1) is 10.1. The average Bonchev–Trinajstić information content (AvgIpc) is 1.80. The lowest BCUT2D eigenvalue weighted by Crippen LogP contribution is -2.28. The third-order valence-electron chi connectivity index (χ3n) is 1.06. The van der Waals surface area contributed by atoms with E-state index in [1.54, 1.807) is 0 Å². The Morgan fingerprint density at radius 2 is 2.00 bits per heavy atom. The minimum absolute atomic E-state index is 0.515. The van der Waals surface area contributed by atoms with Gasteiger partial charge in [0.25, 0.3) is 0 Å². The maximum absolute atomic E-state index is 11.5. The number of carboxylic acid groups (broad SMARTS) is 1. The Morgan fingerprint density at radius 1 is 1.55 bits per heavy atom. The lowest BCUT2D eigenvalue weighted by Gasteiger charge is -2.13. The van der Waals surface area contributed by atoms with E-state index in [1.165, 1.54) is 0 Å². The van der Waals surface area contributed by atoms with Gasteiger partial charge in [0.2, 0.25) is 0 Å². The molecular formula is C5H8F3NO2. The number of hydrogen-bond acceptors (Lipinski definition) is 1. The van der Waals surface area contributed by atoms with Gasteiger partial charge in [-0.15, -0.1) is 0 Å². The highest BCUT2D eigenvalue weighted by Crippen LogP contribution is 2.19. The SMILES string of the molecule is CN(CCC(F)(F)F)C(=O)O. The van der Waals surface area contributed by atoms with Crippen LogP contribution in [-0.4, -0.2) is 35.9 Å². The van der Waals surface area contributed by atoms with Gasteiger partial charge in [0.1, 0.15) is 0 Å². The molecule has 0 unspecified atom stereocenters. The van der Waals surface area contributed by atoms with Gasteiger partial charge in [0.15, 0.2) is 0 Å². The molecule has 3 nitrogen and oxygen atoms in total. The van der Waals surface area contributed by atoms with Crippen LogP contribution in [0, 0.1) is 0 Å². The summed E-state index contributed by atoms with van der Waals surface area (Å²) in [5.74, 6) is 0. The standard InChI is InChI=1S/C5H8F3NO2/c1-9(4(10)11)3-2-5(6,7)8/h2-3H2,1H3,(H,10,11). The average molecular weight is 171 g/mol. The molecule has 0 bridgehead atoms. The predicted molar refractivity (Wildman–Crippen MR) is 31.3 cm³/mol. The van der Waals surface area contributed by atoms with Crippen LogP contribution in [0.3, 0.4) is 0 Å². The van der Waals surface area contributed by atoms with Gasteiger partial charge in [-0.1, -0.05) is 0 Å². The number of amides is 1. The van der Waals surface area contributed by atoms with Crippen molar-refractivity contribution in [2.45, 2.75) is 12.6 Å². The van der Waals surface area contributed by atoms with Gasteiger partial charge in [0, 0.05) is 13.6 Å². The van der Waals surface area contributed by atoms with Gasteiger partial charge in [0.05, 0.1) is 6.42 Å². The number of carbonyl (C=O) groups is 1. The zero-order valence-corrected chi connectivity index (χ0v) is 5.85. The van der Waals surface area contributed by atoms with Gasteiger partial charge in [-0.2, -0.15) is 13.2 Å². The maximum Gasteiger partial charge on any atom is 0.407 e. The number of alkyl halides is 3. The van der Waals surface area contributed by atoms with E-state index in [1.807, 2.05) is 0 Å². The Kier molecular flexibility index (Phi) is 3.16. The van der Waals surface area contributed by atoms with Crippen LogP contribution >= 0.6 is 0 Å². The fraction of sp³-hybridized carbons (Fsp3) is 0.800. The summed E-state index contributed by atoms with van der Waals surface area (Å²) in [7, 11) is 1.09. The van der Waals surface area contributed by atoms with E-state index in [9.17, 15) is 18.0 Å². The molecule has 0 fully saturated rings. The van der Waals surface area contributed by atoms with Gasteiger partial charge in [-0.05, 0) is 0 Å². The molecule has 11 heavy (non-hydrogen) atoms. The largest absolute Gasteiger partial charge is 0.465 e. The van der Waals surface area contributed by atoms with Crippen molar-refractivity contribution in [1.29, 1.82) is 0 Å². The van der Waals surface area contributed by atoms with Gasteiger partial charge in [-0.25, -0.2) is 4.79 Å². The van der Waals surface area contributed by atoms with Crippen molar-refractivity contribution >= 4 is 6.09 Å². The molecule has 0 aliphatic rings. The van der Waals surface area contributed by atoms with Crippen molar-refractivity contribution in [2.75, 3.05) is 13.6 Å². The van der Waals surface area contributed by atoms with Gasteiger partial charge >= 0.3 is 12.3 Å². The van der Waals surface area contributed by atoms with E-state index in [0.29, 0.717) is 4.90 Å². The summed E-state index contributed by atoms with van der Waals surface area (Å²) < 4.78 is 34.4. The quantitative estimate of drug-likeness (QED) is 0.684. The second-order valence-electron chi connectivity index (χ2n) is 2.07. The van der Waals surface area contributed by atoms with Crippen molar-refractivity contribution in [3.05, 3.63) is 0 Å². The second-order valence-corrected chi connectivity index (χ2v) is 2.07. The van der Waals surface area contributed by atoms with E-state index in [2.05, 4.69) is 0 Å². The van der Waals surface area contributed by atoms with E-state index >= 15 is 0 Å². The molecule has 0 aromatic heterocycles. The van der Waals surface area contributed by atoms with Gasteiger partial charge < -0.3 is 10.0 Å². The summed E-state index contributed by atoms with van der Waals surface area (Å²) >= 11 is 0. The number of rotatable bonds is 2. The van der Waals surface area contributed by atoms with E-state index in [-0.39, 0.29) is 0 Å². The second kappa shape index (κ2) is 3.45. The molecule has 0 rings (SSSR count). The fourth-order valence-electron chi connectivity index (χ4n) is 0.390. The Hall–Kier alpha value is -0.940. The normalized spacial score (nSPS) is 11.3. The molecule has 0 aliphatic carbocycles. The summed E-state index contributed by atoms with van der Waals surface area (Å²) in [5.41, 5.74) is 0. The Morgan fingerprint density at radius 3 is 2.27 bits per heavy atom. The molecule has 0 aromatic carbocycles. The third-order valence-corrected chi connectivity index (χ3v) is 1.06. The highest BCUT2D eigenvalue weighted by atomic mass is 19.4. The molecule has 0 saturated heterocycles. The van der Waals surface area contributed by atoms with Crippen molar-refractivity contribution in [3.63, 3.8) is 0 Å². The van der Waals surface area contributed by atoms with Crippen LogP contribution in [0.4, 0.5) is 18.0 Å². The maximum atomic E-state index is 11.5. The molecule has 0 aliphatic heterocycles. The highest BCUT2D eigenvalue weighted by molar-refractivity contribution is 5.64. The third kappa shape index (κ3) is 5.50. The summed E-state index contributed by atoms with van der Waals surface area (Å²) in [6.07, 6.45) is -6.74. The first-order valence-corrected chi connectivity index (χ1v) is 2.84. The van der Waals surface area contributed by atoms with Gasteiger partial charge in [-0.3, -0.25) is 0 Å². The van der Waals surface area contributed by atoms with Crippen LogP contribution in [0.2, 0.25) is 0 Å². The van der Waals surface area contributed by atoms with E-state index in [4.69, 9.17) is 5.11 Å². The smallest absolute Gasteiger partial charge is 0.407 e. The van der Waals surface area contributed by atoms with Crippen LogP contribution in [-0.2, 0) is 0 Å².